The lowest BCUT2D eigenvalue weighted by atomic mass is 9.90. The summed E-state index contributed by atoms with van der Waals surface area (Å²) in [6.45, 7) is 1.29. The Morgan fingerprint density at radius 2 is 1.86 bits per heavy atom. The van der Waals surface area contributed by atoms with Gasteiger partial charge in [0.15, 0.2) is 0 Å². The van der Waals surface area contributed by atoms with Gasteiger partial charge in [-0.2, -0.15) is 0 Å². The zero-order valence-corrected chi connectivity index (χ0v) is 13.5. The lowest BCUT2D eigenvalue weighted by Gasteiger charge is -2.39. The van der Waals surface area contributed by atoms with Crippen LogP contribution < -0.4 is 10.6 Å². The van der Waals surface area contributed by atoms with Crippen molar-refractivity contribution >= 4 is 34.9 Å². The summed E-state index contributed by atoms with van der Waals surface area (Å²) in [6.07, 6.45) is 2.82. The van der Waals surface area contributed by atoms with E-state index in [0.29, 0.717) is 28.9 Å². The van der Waals surface area contributed by atoms with Gasteiger partial charge >= 0.3 is 6.03 Å². The smallest absolute Gasteiger partial charge is 0.319 e. The summed E-state index contributed by atoms with van der Waals surface area (Å²) in [5.41, 5.74) is 0.609. The quantitative estimate of drug-likeness (QED) is 0.863. The van der Waals surface area contributed by atoms with Gasteiger partial charge in [0.1, 0.15) is 0 Å². The van der Waals surface area contributed by atoms with Crippen molar-refractivity contribution in [3.05, 3.63) is 28.2 Å². The highest BCUT2D eigenvalue weighted by Gasteiger charge is 2.34. The van der Waals surface area contributed by atoms with E-state index in [4.69, 9.17) is 32.7 Å². The SMILES string of the molecule is O=C(Nc1ccc(Cl)c(Cl)c1)NC1CCC2OCCOC2C1. The molecule has 1 aliphatic carbocycles. The first-order valence-corrected chi connectivity index (χ1v) is 8.13. The molecule has 120 valence electrons. The number of nitrogens with one attached hydrogen (secondary N) is 2. The lowest BCUT2D eigenvalue weighted by Crippen LogP contribution is -2.50. The molecule has 2 amide bonds. The summed E-state index contributed by atoms with van der Waals surface area (Å²) in [5, 5.41) is 6.61. The topological polar surface area (TPSA) is 59.6 Å². The molecule has 3 atom stereocenters. The van der Waals surface area contributed by atoms with Crippen molar-refractivity contribution in [1.82, 2.24) is 5.32 Å². The van der Waals surface area contributed by atoms with E-state index in [1.165, 1.54) is 0 Å². The number of rotatable bonds is 2. The molecule has 1 saturated carbocycles. The normalized spacial score (nSPS) is 27.8. The zero-order valence-electron chi connectivity index (χ0n) is 12.0. The fraction of sp³-hybridized carbons (Fsp3) is 0.533. The molecule has 5 nitrogen and oxygen atoms in total. The monoisotopic (exact) mass is 344 g/mol. The van der Waals surface area contributed by atoms with Gasteiger partial charge in [0.05, 0.1) is 35.5 Å². The Bertz CT molecular complexity index is 556. The van der Waals surface area contributed by atoms with Crippen LogP contribution in [0.5, 0.6) is 0 Å². The van der Waals surface area contributed by atoms with Crippen molar-refractivity contribution in [2.24, 2.45) is 0 Å². The molecule has 1 aromatic rings. The van der Waals surface area contributed by atoms with Crippen molar-refractivity contribution < 1.29 is 14.3 Å². The fourth-order valence-electron chi connectivity index (χ4n) is 2.92. The number of amides is 2. The van der Waals surface area contributed by atoms with E-state index in [2.05, 4.69) is 10.6 Å². The fourth-order valence-corrected chi connectivity index (χ4v) is 3.22. The summed E-state index contributed by atoms with van der Waals surface area (Å²) in [4.78, 5) is 12.1. The number of urea groups is 1. The van der Waals surface area contributed by atoms with Gasteiger partial charge in [-0.15, -0.1) is 0 Å². The minimum atomic E-state index is -0.251. The van der Waals surface area contributed by atoms with Gasteiger partial charge in [-0.3, -0.25) is 0 Å². The number of carbonyl (C=O) groups is 1. The summed E-state index contributed by atoms with van der Waals surface area (Å²) in [6, 6.07) is 4.82. The van der Waals surface area contributed by atoms with Crippen LogP contribution in [0.25, 0.3) is 0 Å². The first kappa shape index (κ1) is 15.9. The summed E-state index contributed by atoms with van der Waals surface area (Å²) >= 11 is 11.8. The van der Waals surface area contributed by atoms with Gasteiger partial charge < -0.3 is 20.1 Å². The molecule has 1 saturated heterocycles. The van der Waals surface area contributed by atoms with Gasteiger partial charge in [0.2, 0.25) is 0 Å². The number of fused-ring (bicyclic) bond motifs is 1. The van der Waals surface area contributed by atoms with E-state index in [1.54, 1.807) is 18.2 Å². The lowest BCUT2D eigenvalue weighted by molar-refractivity contribution is -0.157. The minimum absolute atomic E-state index is 0.0813. The summed E-state index contributed by atoms with van der Waals surface area (Å²) in [5.74, 6) is 0. The van der Waals surface area contributed by atoms with Crippen molar-refractivity contribution in [1.29, 1.82) is 0 Å². The maximum atomic E-state index is 12.1. The van der Waals surface area contributed by atoms with Crippen LogP contribution >= 0.6 is 23.2 Å². The Balaban J connectivity index is 1.52. The first-order valence-electron chi connectivity index (χ1n) is 7.37. The van der Waals surface area contributed by atoms with Crippen LogP contribution in [0, 0.1) is 0 Å². The molecule has 0 aromatic heterocycles. The molecule has 2 fully saturated rings. The minimum Gasteiger partial charge on any atom is -0.373 e. The van der Waals surface area contributed by atoms with Crippen molar-refractivity contribution in [2.75, 3.05) is 18.5 Å². The third kappa shape index (κ3) is 3.84. The number of halogens is 2. The summed E-state index contributed by atoms with van der Waals surface area (Å²) < 4.78 is 11.4. The van der Waals surface area contributed by atoms with Crippen LogP contribution in [0.4, 0.5) is 10.5 Å². The Morgan fingerprint density at radius 1 is 1.09 bits per heavy atom. The van der Waals surface area contributed by atoms with Crippen LogP contribution in [0.3, 0.4) is 0 Å². The van der Waals surface area contributed by atoms with Crippen LogP contribution in [0.1, 0.15) is 19.3 Å². The van der Waals surface area contributed by atoms with E-state index in [0.717, 1.165) is 19.3 Å². The Kier molecular flexibility index (Phi) is 5.08. The number of anilines is 1. The van der Waals surface area contributed by atoms with Gasteiger partial charge in [-0.05, 0) is 37.5 Å². The van der Waals surface area contributed by atoms with Crippen molar-refractivity contribution in [3.63, 3.8) is 0 Å². The van der Waals surface area contributed by atoms with E-state index in [9.17, 15) is 4.79 Å². The number of hydrogen-bond donors (Lipinski definition) is 2. The molecular formula is C15H18Cl2N2O3. The molecule has 1 aromatic carbocycles. The molecule has 2 aliphatic rings. The third-order valence-electron chi connectivity index (χ3n) is 3.99. The largest absolute Gasteiger partial charge is 0.373 e. The van der Waals surface area contributed by atoms with Crippen LogP contribution in [-0.2, 0) is 9.47 Å². The number of ether oxygens (including phenoxy) is 2. The number of hydrogen-bond acceptors (Lipinski definition) is 3. The maximum absolute atomic E-state index is 12.1. The molecule has 0 radical (unpaired) electrons. The van der Waals surface area contributed by atoms with E-state index in [-0.39, 0.29) is 24.3 Å². The van der Waals surface area contributed by atoms with Gasteiger partial charge in [-0.1, -0.05) is 23.2 Å². The van der Waals surface area contributed by atoms with Gasteiger partial charge in [0.25, 0.3) is 0 Å². The van der Waals surface area contributed by atoms with E-state index >= 15 is 0 Å². The zero-order chi connectivity index (χ0) is 15.5. The molecule has 3 unspecified atom stereocenters. The van der Waals surface area contributed by atoms with Crippen molar-refractivity contribution in [2.45, 2.75) is 37.5 Å². The van der Waals surface area contributed by atoms with Crippen LogP contribution in [0.15, 0.2) is 18.2 Å². The molecule has 1 aliphatic heterocycles. The number of benzene rings is 1. The first-order chi connectivity index (χ1) is 10.6. The molecule has 2 N–H and O–H groups in total. The second-order valence-corrected chi connectivity index (χ2v) is 6.37. The third-order valence-corrected chi connectivity index (χ3v) is 4.73. The molecule has 22 heavy (non-hydrogen) atoms. The Hall–Kier alpha value is -1.01. The van der Waals surface area contributed by atoms with Crippen LogP contribution in [0.2, 0.25) is 10.0 Å². The highest BCUT2D eigenvalue weighted by molar-refractivity contribution is 6.42. The average molecular weight is 345 g/mol. The standard InChI is InChI=1S/C15H18Cl2N2O3/c16-11-3-1-9(7-12(11)17)18-15(20)19-10-2-4-13-14(8-10)22-6-5-21-13/h1,3,7,10,13-14H,2,4-6,8H2,(H2,18,19,20). The average Bonchev–Trinajstić information content (AvgIpc) is 2.51. The highest BCUT2D eigenvalue weighted by atomic mass is 35.5. The number of carbonyl (C=O) groups excluding carboxylic acids is 1. The molecule has 0 spiro atoms. The van der Waals surface area contributed by atoms with Crippen LogP contribution in [-0.4, -0.2) is 37.5 Å². The molecular weight excluding hydrogens is 327 g/mol. The predicted octanol–water partition coefficient (Wildman–Crippen LogP) is 3.45. The van der Waals surface area contributed by atoms with Crippen molar-refractivity contribution in [3.8, 4) is 0 Å². The Morgan fingerprint density at radius 3 is 2.64 bits per heavy atom. The molecule has 0 bridgehead atoms. The molecule has 3 rings (SSSR count). The second kappa shape index (κ2) is 7.04. The molecule has 7 heteroatoms. The predicted molar refractivity (Wildman–Crippen MR) is 85.7 cm³/mol. The van der Waals surface area contributed by atoms with E-state index < -0.39 is 0 Å². The maximum Gasteiger partial charge on any atom is 0.319 e. The summed E-state index contributed by atoms with van der Waals surface area (Å²) in [7, 11) is 0. The Labute approximate surface area is 139 Å². The van der Waals surface area contributed by atoms with Gasteiger partial charge in [0, 0.05) is 11.7 Å². The van der Waals surface area contributed by atoms with E-state index in [1.807, 2.05) is 0 Å². The van der Waals surface area contributed by atoms with Gasteiger partial charge in [-0.25, -0.2) is 4.79 Å². The molecule has 1 heterocycles. The highest BCUT2D eigenvalue weighted by Crippen LogP contribution is 2.27. The second-order valence-electron chi connectivity index (χ2n) is 5.56.